The minimum atomic E-state index is 0. The largest absolute Gasteiger partial charge is 1.00 e. The molecule has 0 bridgehead atoms. The van der Waals surface area contributed by atoms with Crippen molar-refractivity contribution in [2.24, 2.45) is 0 Å². The first-order chi connectivity index (χ1) is 10.2. The highest BCUT2D eigenvalue weighted by Gasteiger charge is 2.19. The highest BCUT2D eigenvalue weighted by Crippen LogP contribution is 2.34. The third-order valence-electron chi connectivity index (χ3n) is 2.58. The maximum Gasteiger partial charge on any atom is 0.348 e. The van der Waals surface area contributed by atoms with E-state index in [9.17, 15) is 0 Å². The third kappa shape index (κ3) is 5.92. The fourth-order valence-electron chi connectivity index (χ4n) is 1.62. The Bertz CT molecular complexity index is 643. The first-order valence-electron chi connectivity index (χ1n) is 5.69. The predicted octanol–water partition coefficient (Wildman–Crippen LogP) is 4.90. The standard InChI is InChI=1S/C14H8Cl2NS2.I2.HI/c15-11-5-1-9(2-6-11)13-17-14(19-18-13)10-3-7-12(16)8-4-10;1-2;/h1-8H;;1H/q+1;;/p-1. The van der Waals surface area contributed by atoms with E-state index in [2.05, 4.69) is 42.2 Å². The normalized spacial score (nSPS) is 9.45. The first kappa shape index (κ1) is 21.2. The van der Waals surface area contributed by atoms with Gasteiger partial charge in [0.05, 0.1) is 5.56 Å². The molecule has 1 heterocycles. The van der Waals surface area contributed by atoms with E-state index >= 15 is 0 Å². The van der Waals surface area contributed by atoms with E-state index in [1.807, 2.05) is 48.5 Å². The van der Waals surface area contributed by atoms with Crippen LogP contribution in [0, 0.1) is 0 Å². The monoisotopic (exact) mass is 705 g/mol. The van der Waals surface area contributed by atoms with Gasteiger partial charge in [-0.05, 0) is 36.4 Å². The Balaban J connectivity index is 0.000000775. The second-order valence-corrected chi connectivity index (χ2v) is 6.88. The van der Waals surface area contributed by atoms with Gasteiger partial charge in [0.25, 0.3) is 0 Å². The lowest BCUT2D eigenvalue weighted by molar-refractivity contribution is -0.00000352. The predicted molar refractivity (Wildman–Crippen MR) is 113 cm³/mol. The fraction of sp³-hybridized carbons (Fsp3) is 0. The van der Waals surface area contributed by atoms with E-state index in [0.29, 0.717) is 0 Å². The van der Waals surface area contributed by atoms with Crippen LogP contribution in [-0.2, 0) is 0 Å². The average molecular weight is 706 g/mol. The minimum absolute atomic E-state index is 0. The number of benzene rings is 2. The highest BCUT2D eigenvalue weighted by molar-refractivity contribution is 15.0. The van der Waals surface area contributed by atoms with Crippen LogP contribution in [0.25, 0.3) is 21.1 Å². The van der Waals surface area contributed by atoms with Gasteiger partial charge in [0.1, 0.15) is 0 Å². The van der Waals surface area contributed by atoms with Crippen molar-refractivity contribution in [2.75, 3.05) is 0 Å². The molecule has 2 aromatic carbocycles. The topological polar surface area (TPSA) is 12.9 Å². The van der Waals surface area contributed by atoms with Crippen molar-refractivity contribution >= 4 is 81.1 Å². The molecule has 1 aromatic heterocycles. The molecule has 0 N–H and O–H groups in total. The van der Waals surface area contributed by atoms with Crippen LogP contribution in [0.3, 0.4) is 0 Å². The molecule has 0 aliphatic heterocycles. The zero-order valence-electron chi connectivity index (χ0n) is 10.8. The van der Waals surface area contributed by atoms with Crippen molar-refractivity contribution in [1.82, 2.24) is 4.98 Å². The van der Waals surface area contributed by atoms with Gasteiger partial charge in [-0.3, -0.25) is 0 Å². The van der Waals surface area contributed by atoms with Crippen molar-refractivity contribution in [3.05, 3.63) is 58.6 Å². The van der Waals surface area contributed by atoms with Gasteiger partial charge in [-0.1, -0.05) is 35.3 Å². The van der Waals surface area contributed by atoms with Crippen molar-refractivity contribution in [2.45, 2.75) is 0 Å². The number of hydrogen-bond acceptors (Lipinski definition) is 2. The van der Waals surface area contributed by atoms with Crippen molar-refractivity contribution in [1.29, 1.82) is 0 Å². The SMILES string of the molecule is Clc1ccc(-c2nc(-c3ccc(Cl)cc3)[s+]s2)cc1.II.[I-]. The van der Waals surface area contributed by atoms with Crippen molar-refractivity contribution in [3.63, 3.8) is 0 Å². The molecule has 0 saturated carbocycles. The summed E-state index contributed by atoms with van der Waals surface area (Å²) in [4.78, 5) is 4.66. The van der Waals surface area contributed by atoms with Gasteiger partial charge >= 0.3 is 15.3 Å². The molecule has 0 aliphatic rings. The van der Waals surface area contributed by atoms with E-state index in [1.54, 1.807) is 20.7 Å². The van der Waals surface area contributed by atoms with Gasteiger partial charge in [0, 0.05) is 52.8 Å². The van der Waals surface area contributed by atoms with Crippen LogP contribution in [0.5, 0.6) is 0 Å². The second-order valence-electron chi connectivity index (χ2n) is 3.90. The molecular weight excluding hydrogens is 698 g/mol. The van der Waals surface area contributed by atoms with Gasteiger partial charge in [0.15, 0.2) is 15.3 Å². The summed E-state index contributed by atoms with van der Waals surface area (Å²) in [6, 6.07) is 15.5. The van der Waals surface area contributed by atoms with Crippen LogP contribution in [0.4, 0.5) is 0 Å². The Morgan fingerprint density at radius 1 is 0.818 bits per heavy atom. The van der Waals surface area contributed by atoms with Crippen LogP contribution in [0.1, 0.15) is 0 Å². The Kier molecular flexibility index (Phi) is 10.6. The number of nitrogens with zero attached hydrogens (tertiary/aromatic N) is 1. The second kappa shape index (κ2) is 10.9. The molecule has 0 aliphatic carbocycles. The molecule has 0 unspecified atom stereocenters. The van der Waals surface area contributed by atoms with E-state index < -0.39 is 0 Å². The van der Waals surface area contributed by atoms with Crippen LogP contribution in [-0.4, -0.2) is 4.98 Å². The quantitative estimate of drug-likeness (QED) is 0.210. The molecule has 116 valence electrons. The Hall–Kier alpha value is 1.19. The number of aromatic nitrogens is 1. The van der Waals surface area contributed by atoms with Gasteiger partial charge in [0.2, 0.25) is 0 Å². The van der Waals surface area contributed by atoms with Crippen molar-refractivity contribution in [3.8, 4) is 21.1 Å². The molecule has 3 aromatic rings. The number of halogens is 5. The van der Waals surface area contributed by atoms with E-state index in [4.69, 9.17) is 23.2 Å². The Labute approximate surface area is 187 Å². The van der Waals surface area contributed by atoms with Crippen LogP contribution in [0.15, 0.2) is 48.5 Å². The van der Waals surface area contributed by atoms with Crippen molar-refractivity contribution < 1.29 is 24.0 Å². The summed E-state index contributed by atoms with van der Waals surface area (Å²) in [5.41, 5.74) is 2.18. The maximum absolute atomic E-state index is 5.89. The zero-order valence-corrected chi connectivity index (χ0v) is 20.4. The number of rotatable bonds is 2. The first-order valence-corrected chi connectivity index (χ1v) is 14.9. The molecule has 3 rings (SSSR count). The molecule has 0 atom stereocenters. The molecular formula is C14H8Cl2I3NS2. The molecule has 1 nitrogen and oxygen atoms in total. The molecule has 0 spiro atoms. The lowest BCUT2D eigenvalue weighted by Gasteiger charge is -1.93. The van der Waals surface area contributed by atoms with E-state index in [1.165, 1.54) is 0 Å². The molecule has 0 amide bonds. The molecule has 0 saturated heterocycles. The zero-order chi connectivity index (χ0) is 15.2. The Morgan fingerprint density at radius 2 is 1.27 bits per heavy atom. The average Bonchev–Trinajstić information content (AvgIpc) is 3.01. The minimum Gasteiger partial charge on any atom is -1.00 e. The van der Waals surface area contributed by atoms with Crippen LogP contribution in [0.2, 0.25) is 10.0 Å². The lowest BCUT2D eigenvalue weighted by atomic mass is 10.2. The van der Waals surface area contributed by atoms with E-state index in [0.717, 1.165) is 31.2 Å². The number of hydrogen-bond donors (Lipinski definition) is 0. The third-order valence-corrected chi connectivity index (χ3v) is 5.34. The lowest BCUT2D eigenvalue weighted by Crippen LogP contribution is -3.00. The summed E-state index contributed by atoms with van der Waals surface area (Å²) in [5.74, 6) is 0. The maximum atomic E-state index is 5.89. The fourth-order valence-corrected chi connectivity index (χ4v) is 4.08. The summed E-state index contributed by atoms with van der Waals surface area (Å²) in [6.07, 6.45) is 0. The molecule has 8 heteroatoms. The Morgan fingerprint density at radius 3 is 1.77 bits per heavy atom. The van der Waals surface area contributed by atoms with Gasteiger partial charge < -0.3 is 24.0 Å². The van der Waals surface area contributed by atoms with Crippen LogP contribution < -0.4 is 24.0 Å². The molecule has 0 fully saturated rings. The van der Waals surface area contributed by atoms with Gasteiger partial charge in [-0.25, -0.2) is 0 Å². The van der Waals surface area contributed by atoms with Gasteiger partial charge in [-0.2, -0.15) is 4.98 Å². The van der Waals surface area contributed by atoms with Gasteiger partial charge in [-0.15, -0.1) is 0 Å². The smallest absolute Gasteiger partial charge is 0.348 e. The highest BCUT2D eigenvalue weighted by atomic mass is 128. The summed E-state index contributed by atoms with van der Waals surface area (Å²) < 4.78 is 0. The van der Waals surface area contributed by atoms with E-state index in [-0.39, 0.29) is 24.0 Å². The van der Waals surface area contributed by atoms with Crippen LogP contribution >= 0.6 is 81.1 Å². The summed E-state index contributed by atoms with van der Waals surface area (Å²) in [7, 11) is 3.32. The summed E-state index contributed by atoms with van der Waals surface area (Å²) in [6.45, 7) is 0. The molecule has 0 radical (unpaired) electrons. The summed E-state index contributed by atoms with van der Waals surface area (Å²) in [5, 5.41) is 3.49. The summed E-state index contributed by atoms with van der Waals surface area (Å²) >= 11 is 16.0. The molecule has 22 heavy (non-hydrogen) atoms.